The predicted molar refractivity (Wildman–Crippen MR) is 112 cm³/mol. The van der Waals surface area contributed by atoms with Crippen LogP contribution < -0.4 is 9.64 Å². The van der Waals surface area contributed by atoms with E-state index in [9.17, 15) is 13.2 Å². The van der Waals surface area contributed by atoms with Crippen molar-refractivity contribution in [2.45, 2.75) is 56.4 Å². The number of hydrogen-bond donors (Lipinski definition) is 0. The second-order valence-electron chi connectivity index (χ2n) is 8.86. The summed E-state index contributed by atoms with van der Waals surface area (Å²) < 4.78 is 49.1. The Balaban J connectivity index is 1.50. The van der Waals surface area contributed by atoms with Crippen molar-refractivity contribution in [3.8, 4) is 6.01 Å². The Morgan fingerprint density at radius 3 is 2.87 bits per heavy atom. The van der Waals surface area contributed by atoms with Crippen LogP contribution in [0.3, 0.4) is 0 Å². The number of anilines is 1. The van der Waals surface area contributed by atoms with E-state index in [1.807, 2.05) is 0 Å². The van der Waals surface area contributed by atoms with E-state index in [-0.39, 0.29) is 35.4 Å². The molecule has 0 spiro atoms. The van der Waals surface area contributed by atoms with Crippen molar-refractivity contribution in [1.82, 2.24) is 19.9 Å². The van der Waals surface area contributed by atoms with E-state index in [0.29, 0.717) is 37.1 Å². The first kappa shape index (κ1) is 21.0. The second kappa shape index (κ2) is 8.24. The molecule has 3 aliphatic rings. The Morgan fingerprint density at radius 2 is 2.00 bits per heavy atom. The molecule has 0 N–H and O–H groups in total. The molecule has 0 aliphatic carbocycles. The average Bonchev–Trinajstić information content (AvgIpc) is 3.17. The summed E-state index contributed by atoms with van der Waals surface area (Å²) in [6.07, 6.45) is 3.87. The van der Waals surface area contributed by atoms with Gasteiger partial charge >= 0.3 is 6.01 Å². The summed E-state index contributed by atoms with van der Waals surface area (Å²) in [4.78, 5) is 16.6. The summed E-state index contributed by atoms with van der Waals surface area (Å²) in [7, 11) is 0. The fourth-order valence-corrected chi connectivity index (χ4v) is 5.37. The number of rotatable bonds is 4. The molecule has 3 saturated heterocycles. The second-order valence-corrected chi connectivity index (χ2v) is 9.22. The van der Waals surface area contributed by atoms with Gasteiger partial charge in [0.25, 0.3) is 0 Å². The third-order valence-corrected chi connectivity index (χ3v) is 7.01. The van der Waals surface area contributed by atoms with Crippen molar-refractivity contribution >= 4 is 28.3 Å². The van der Waals surface area contributed by atoms with E-state index in [2.05, 4.69) is 19.9 Å². The summed E-state index contributed by atoms with van der Waals surface area (Å²) in [5, 5.41) is 0.0765. The van der Waals surface area contributed by atoms with E-state index in [0.717, 1.165) is 32.2 Å². The molecule has 1 unspecified atom stereocenters. The number of fused-ring (bicyclic) bond motifs is 2. The third-order valence-electron chi connectivity index (χ3n) is 6.75. The minimum absolute atomic E-state index is 0.00442. The van der Waals surface area contributed by atoms with Crippen LogP contribution in [0, 0.1) is 5.82 Å². The van der Waals surface area contributed by atoms with Gasteiger partial charge in [-0.05, 0) is 38.6 Å². The lowest BCUT2D eigenvalue weighted by Crippen LogP contribution is -2.43. The molecule has 0 aromatic carbocycles. The molecule has 3 aliphatic heterocycles. The van der Waals surface area contributed by atoms with Gasteiger partial charge in [0, 0.05) is 25.7 Å². The lowest BCUT2D eigenvalue weighted by atomic mass is 9.95. The van der Waals surface area contributed by atoms with E-state index < -0.39 is 18.2 Å². The van der Waals surface area contributed by atoms with Gasteiger partial charge in [-0.15, -0.1) is 0 Å². The highest BCUT2D eigenvalue weighted by molar-refractivity contribution is 6.30. The van der Waals surface area contributed by atoms with Crippen molar-refractivity contribution in [3.05, 3.63) is 17.2 Å². The predicted octanol–water partition coefficient (Wildman–Crippen LogP) is 4.10. The summed E-state index contributed by atoms with van der Waals surface area (Å²) in [5.74, 6) is -0.368. The molecular weight excluding hydrogens is 431 g/mol. The van der Waals surface area contributed by atoms with Crippen molar-refractivity contribution in [2.24, 2.45) is 0 Å². The highest BCUT2D eigenvalue weighted by Crippen LogP contribution is 2.40. The van der Waals surface area contributed by atoms with Crippen molar-refractivity contribution < 1.29 is 17.9 Å². The number of ether oxygens (including phenoxy) is 1. The minimum Gasteiger partial charge on any atom is -0.461 e. The number of pyridine rings is 1. The molecule has 5 rings (SSSR count). The molecule has 2 aromatic heterocycles. The van der Waals surface area contributed by atoms with Gasteiger partial charge in [0.05, 0.1) is 17.5 Å². The first-order valence-electron chi connectivity index (χ1n) is 10.9. The van der Waals surface area contributed by atoms with Gasteiger partial charge < -0.3 is 9.64 Å². The first-order chi connectivity index (χ1) is 14.9. The third kappa shape index (κ3) is 3.91. The van der Waals surface area contributed by atoms with Gasteiger partial charge in [-0.25, -0.2) is 18.2 Å². The smallest absolute Gasteiger partial charge is 0.319 e. The fraction of sp³-hybridized carbons (Fsp3) is 0.667. The molecule has 168 valence electrons. The average molecular weight is 456 g/mol. The highest BCUT2D eigenvalue weighted by atomic mass is 35.5. The van der Waals surface area contributed by atoms with Gasteiger partial charge in [-0.3, -0.25) is 4.90 Å². The van der Waals surface area contributed by atoms with E-state index >= 15 is 0 Å². The van der Waals surface area contributed by atoms with Crippen LogP contribution in [-0.4, -0.2) is 70.5 Å². The standard InChI is InChI=1S/C21H25ClF3N5O/c22-18-16(25)17-15(9-26-18)19(29-6-2-1-4-13(23)10-29)28-20(27-17)31-12-21-5-3-7-30(21)11-14(24)8-21/h9,13-14H,1-8,10-12H2/t13?,14-,21+/m1/s1. The minimum atomic E-state index is -0.993. The molecule has 0 amide bonds. The Bertz CT molecular complexity index is 982. The van der Waals surface area contributed by atoms with E-state index in [4.69, 9.17) is 16.3 Å². The van der Waals surface area contributed by atoms with Gasteiger partial charge in [-0.1, -0.05) is 11.6 Å². The summed E-state index contributed by atoms with van der Waals surface area (Å²) >= 11 is 5.89. The molecule has 31 heavy (non-hydrogen) atoms. The molecular formula is C21H25ClF3N5O. The SMILES string of the molecule is Fc1c(Cl)ncc2c(N3CCCCC(F)C3)nc(OC[C@@]34CCCN3C[C@H](F)C4)nc12. The topological polar surface area (TPSA) is 54.4 Å². The lowest BCUT2D eigenvalue weighted by molar-refractivity contribution is 0.107. The zero-order valence-electron chi connectivity index (χ0n) is 17.2. The fourth-order valence-electron chi connectivity index (χ4n) is 5.24. The Kier molecular flexibility index (Phi) is 5.58. The van der Waals surface area contributed by atoms with Crippen molar-refractivity contribution in [3.63, 3.8) is 0 Å². The molecule has 3 atom stereocenters. The molecule has 3 fully saturated rings. The number of aromatic nitrogens is 3. The van der Waals surface area contributed by atoms with Gasteiger partial charge in [0.1, 0.15) is 30.3 Å². The maximum atomic E-state index is 14.8. The number of hydrogen-bond acceptors (Lipinski definition) is 6. The molecule has 10 heteroatoms. The monoisotopic (exact) mass is 455 g/mol. The summed E-state index contributed by atoms with van der Waals surface area (Å²) in [5.41, 5.74) is -0.380. The molecule has 6 nitrogen and oxygen atoms in total. The molecule has 0 bridgehead atoms. The Hall–Kier alpha value is -1.87. The largest absolute Gasteiger partial charge is 0.461 e. The highest BCUT2D eigenvalue weighted by Gasteiger charge is 2.49. The van der Waals surface area contributed by atoms with Gasteiger partial charge in [-0.2, -0.15) is 9.97 Å². The van der Waals surface area contributed by atoms with E-state index in [1.165, 1.54) is 6.20 Å². The molecule has 0 saturated carbocycles. The maximum absolute atomic E-state index is 14.8. The zero-order chi connectivity index (χ0) is 21.6. The normalized spacial score (nSPS) is 29.4. The Morgan fingerprint density at radius 1 is 1.13 bits per heavy atom. The summed E-state index contributed by atoms with van der Waals surface area (Å²) in [6.45, 7) is 2.24. The van der Waals surface area contributed by atoms with Crippen LogP contribution in [0.25, 0.3) is 10.9 Å². The first-order valence-corrected chi connectivity index (χ1v) is 11.3. The number of nitrogens with zero attached hydrogens (tertiary/aromatic N) is 5. The van der Waals surface area contributed by atoms with Crippen LogP contribution in [0.15, 0.2) is 6.20 Å². The quantitative estimate of drug-likeness (QED) is 0.647. The maximum Gasteiger partial charge on any atom is 0.319 e. The van der Waals surface area contributed by atoms with E-state index in [1.54, 1.807) is 4.90 Å². The van der Waals surface area contributed by atoms with Crippen molar-refractivity contribution in [1.29, 1.82) is 0 Å². The molecule has 2 aromatic rings. The Labute approximate surface area is 183 Å². The van der Waals surface area contributed by atoms with Gasteiger partial charge in [0.15, 0.2) is 11.0 Å². The van der Waals surface area contributed by atoms with Crippen LogP contribution in [0.4, 0.5) is 19.0 Å². The number of alkyl halides is 2. The van der Waals surface area contributed by atoms with Crippen LogP contribution in [0.5, 0.6) is 6.01 Å². The number of halogens is 4. The lowest BCUT2D eigenvalue weighted by Gasteiger charge is -2.31. The van der Waals surface area contributed by atoms with Crippen LogP contribution >= 0.6 is 11.6 Å². The van der Waals surface area contributed by atoms with Crippen LogP contribution in [0.2, 0.25) is 5.15 Å². The van der Waals surface area contributed by atoms with Gasteiger partial charge in [0.2, 0.25) is 0 Å². The zero-order valence-corrected chi connectivity index (χ0v) is 17.9. The van der Waals surface area contributed by atoms with Crippen LogP contribution in [-0.2, 0) is 0 Å². The molecule has 5 heterocycles. The summed E-state index contributed by atoms with van der Waals surface area (Å²) in [6, 6.07) is -0.00754. The van der Waals surface area contributed by atoms with Crippen LogP contribution in [0.1, 0.15) is 38.5 Å². The van der Waals surface area contributed by atoms with Crippen molar-refractivity contribution in [2.75, 3.05) is 37.7 Å². The molecule has 0 radical (unpaired) electrons.